The summed E-state index contributed by atoms with van der Waals surface area (Å²) in [5, 5.41) is 6.46. The molecule has 1 atom stereocenters. The van der Waals surface area contributed by atoms with E-state index >= 15 is 0 Å². The van der Waals surface area contributed by atoms with Crippen molar-refractivity contribution in [2.24, 2.45) is 5.73 Å². The highest BCUT2D eigenvalue weighted by Gasteiger charge is 2.10. The van der Waals surface area contributed by atoms with Crippen LogP contribution < -0.4 is 11.5 Å². The van der Waals surface area contributed by atoms with Gasteiger partial charge in [-0.25, -0.2) is 0 Å². The fourth-order valence-corrected chi connectivity index (χ4v) is 1.42. The number of hydrogen-bond acceptors (Lipinski definition) is 4. The third-order valence-electron chi connectivity index (χ3n) is 2.17. The molecule has 2 rings (SSSR count). The van der Waals surface area contributed by atoms with Crippen molar-refractivity contribution in [2.45, 2.75) is 12.5 Å². The van der Waals surface area contributed by atoms with Crippen LogP contribution in [0, 0.1) is 0 Å². The molecular formula is C10H13N5. The topological polar surface area (TPSA) is 93.6 Å². The van der Waals surface area contributed by atoms with Gasteiger partial charge in [0.05, 0.1) is 6.04 Å². The quantitative estimate of drug-likeness (QED) is 0.682. The van der Waals surface area contributed by atoms with Crippen molar-refractivity contribution in [1.29, 1.82) is 0 Å². The number of aromatic amines is 1. The largest absolute Gasteiger partial charge is 0.367 e. The SMILES string of the molecule is Nc1n[nH]c([C@@H](N)Cc2ccccc2)n1. The predicted molar refractivity (Wildman–Crippen MR) is 57.9 cm³/mol. The smallest absolute Gasteiger partial charge is 0.239 e. The lowest BCUT2D eigenvalue weighted by Crippen LogP contribution is -2.15. The molecular weight excluding hydrogens is 190 g/mol. The molecule has 0 fully saturated rings. The lowest BCUT2D eigenvalue weighted by molar-refractivity contribution is 0.671. The molecule has 0 aliphatic carbocycles. The van der Waals surface area contributed by atoms with Gasteiger partial charge in [-0.3, -0.25) is 5.10 Å². The van der Waals surface area contributed by atoms with Gasteiger partial charge in [-0.2, -0.15) is 4.98 Å². The zero-order valence-corrected chi connectivity index (χ0v) is 8.22. The third kappa shape index (κ3) is 2.32. The van der Waals surface area contributed by atoms with Crippen LogP contribution >= 0.6 is 0 Å². The Morgan fingerprint density at radius 3 is 2.60 bits per heavy atom. The number of nitrogen functional groups attached to an aromatic ring is 1. The molecule has 0 amide bonds. The van der Waals surface area contributed by atoms with E-state index in [2.05, 4.69) is 15.2 Å². The number of nitrogens with one attached hydrogen (secondary N) is 1. The zero-order valence-electron chi connectivity index (χ0n) is 8.22. The fourth-order valence-electron chi connectivity index (χ4n) is 1.42. The van der Waals surface area contributed by atoms with Gasteiger partial charge in [0, 0.05) is 0 Å². The number of nitrogens with zero attached hydrogens (tertiary/aromatic N) is 2. The van der Waals surface area contributed by atoms with Gasteiger partial charge in [-0.15, -0.1) is 5.10 Å². The number of benzene rings is 1. The highest BCUT2D eigenvalue weighted by molar-refractivity contribution is 5.19. The summed E-state index contributed by atoms with van der Waals surface area (Å²) in [5.41, 5.74) is 12.5. The Balaban J connectivity index is 2.07. The normalized spacial score (nSPS) is 12.6. The van der Waals surface area contributed by atoms with E-state index in [1.165, 1.54) is 5.56 Å². The Bertz CT molecular complexity index is 422. The number of nitrogens with two attached hydrogens (primary N) is 2. The molecule has 5 N–H and O–H groups in total. The van der Waals surface area contributed by atoms with Crippen LogP contribution in [-0.2, 0) is 6.42 Å². The Hall–Kier alpha value is -1.88. The molecule has 0 radical (unpaired) electrons. The molecule has 0 saturated carbocycles. The summed E-state index contributed by atoms with van der Waals surface area (Å²) in [6.45, 7) is 0. The summed E-state index contributed by atoms with van der Waals surface area (Å²) in [6, 6.07) is 9.80. The number of aromatic nitrogens is 3. The summed E-state index contributed by atoms with van der Waals surface area (Å²) in [4.78, 5) is 3.99. The van der Waals surface area contributed by atoms with Crippen LogP contribution in [-0.4, -0.2) is 15.2 Å². The first kappa shape index (κ1) is 9.67. The first-order valence-corrected chi connectivity index (χ1v) is 4.73. The summed E-state index contributed by atoms with van der Waals surface area (Å²) < 4.78 is 0. The Labute approximate surface area is 87.5 Å². The van der Waals surface area contributed by atoms with Crippen molar-refractivity contribution in [3.8, 4) is 0 Å². The van der Waals surface area contributed by atoms with Crippen LogP contribution in [0.2, 0.25) is 0 Å². The van der Waals surface area contributed by atoms with Gasteiger partial charge >= 0.3 is 0 Å². The lowest BCUT2D eigenvalue weighted by atomic mass is 10.1. The van der Waals surface area contributed by atoms with E-state index in [4.69, 9.17) is 11.5 Å². The number of anilines is 1. The van der Waals surface area contributed by atoms with Gasteiger partial charge in [-0.05, 0) is 12.0 Å². The van der Waals surface area contributed by atoms with Gasteiger partial charge in [-0.1, -0.05) is 30.3 Å². The predicted octanol–water partition coefficient (Wildman–Crippen LogP) is 0.629. The van der Waals surface area contributed by atoms with Crippen LogP contribution in [0.5, 0.6) is 0 Å². The molecule has 0 spiro atoms. The van der Waals surface area contributed by atoms with Crippen molar-refractivity contribution in [3.63, 3.8) is 0 Å². The molecule has 0 saturated heterocycles. The monoisotopic (exact) mass is 203 g/mol. The summed E-state index contributed by atoms with van der Waals surface area (Å²) in [6.07, 6.45) is 0.718. The number of hydrogen-bond donors (Lipinski definition) is 3. The molecule has 0 bridgehead atoms. The maximum atomic E-state index is 5.95. The third-order valence-corrected chi connectivity index (χ3v) is 2.17. The second-order valence-corrected chi connectivity index (χ2v) is 3.38. The fraction of sp³-hybridized carbons (Fsp3) is 0.200. The zero-order chi connectivity index (χ0) is 10.7. The molecule has 1 heterocycles. The molecule has 2 aromatic rings. The molecule has 1 aromatic carbocycles. The molecule has 0 aliphatic rings. The van der Waals surface area contributed by atoms with Gasteiger partial charge < -0.3 is 11.5 Å². The van der Waals surface area contributed by atoms with E-state index in [0.29, 0.717) is 5.82 Å². The highest BCUT2D eigenvalue weighted by Crippen LogP contribution is 2.12. The van der Waals surface area contributed by atoms with Gasteiger partial charge in [0.15, 0.2) is 0 Å². The Kier molecular flexibility index (Phi) is 2.64. The Morgan fingerprint density at radius 1 is 1.27 bits per heavy atom. The maximum absolute atomic E-state index is 5.95. The van der Waals surface area contributed by atoms with E-state index in [9.17, 15) is 0 Å². The average molecular weight is 203 g/mol. The van der Waals surface area contributed by atoms with Crippen molar-refractivity contribution >= 4 is 5.95 Å². The summed E-state index contributed by atoms with van der Waals surface area (Å²) in [5.74, 6) is 0.852. The van der Waals surface area contributed by atoms with Crippen LogP contribution in [0.3, 0.4) is 0 Å². The van der Waals surface area contributed by atoms with Gasteiger partial charge in [0.2, 0.25) is 5.95 Å². The van der Waals surface area contributed by atoms with E-state index in [1.807, 2.05) is 30.3 Å². The minimum atomic E-state index is -0.197. The number of rotatable bonds is 3. The Morgan fingerprint density at radius 2 is 2.00 bits per heavy atom. The molecule has 15 heavy (non-hydrogen) atoms. The standard InChI is InChI=1S/C10H13N5/c11-8(9-13-10(12)15-14-9)6-7-4-2-1-3-5-7/h1-5,8H,6,11H2,(H3,12,13,14,15)/t8-/m0/s1. The molecule has 5 nitrogen and oxygen atoms in total. The number of H-pyrrole nitrogens is 1. The van der Waals surface area contributed by atoms with Gasteiger partial charge in [0.1, 0.15) is 5.82 Å². The van der Waals surface area contributed by atoms with Crippen molar-refractivity contribution in [1.82, 2.24) is 15.2 Å². The molecule has 1 aromatic heterocycles. The van der Waals surface area contributed by atoms with Crippen LogP contribution in [0.4, 0.5) is 5.95 Å². The van der Waals surface area contributed by atoms with Gasteiger partial charge in [0.25, 0.3) is 0 Å². The van der Waals surface area contributed by atoms with E-state index in [1.54, 1.807) is 0 Å². The molecule has 0 aliphatic heterocycles. The van der Waals surface area contributed by atoms with E-state index in [-0.39, 0.29) is 12.0 Å². The average Bonchev–Trinajstić information content (AvgIpc) is 2.66. The van der Waals surface area contributed by atoms with Crippen LogP contribution in [0.15, 0.2) is 30.3 Å². The molecule has 0 unspecified atom stereocenters. The highest BCUT2D eigenvalue weighted by atomic mass is 15.3. The molecule has 78 valence electrons. The maximum Gasteiger partial charge on any atom is 0.239 e. The minimum absolute atomic E-state index is 0.197. The van der Waals surface area contributed by atoms with E-state index < -0.39 is 0 Å². The second kappa shape index (κ2) is 4.10. The summed E-state index contributed by atoms with van der Waals surface area (Å²) in [7, 11) is 0. The first-order chi connectivity index (χ1) is 7.25. The van der Waals surface area contributed by atoms with Crippen molar-refractivity contribution in [2.75, 3.05) is 5.73 Å². The van der Waals surface area contributed by atoms with E-state index in [0.717, 1.165) is 6.42 Å². The van der Waals surface area contributed by atoms with Crippen LogP contribution in [0.25, 0.3) is 0 Å². The molecule has 5 heteroatoms. The van der Waals surface area contributed by atoms with Crippen molar-refractivity contribution in [3.05, 3.63) is 41.7 Å². The van der Waals surface area contributed by atoms with Crippen molar-refractivity contribution < 1.29 is 0 Å². The van der Waals surface area contributed by atoms with Crippen LogP contribution in [0.1, 0.15) is 17.4 Å². The minimum Gasteiger partial charge on any atom is -0.367 e. The second-order valence-electron chi connectivity index (χ2n) is 3.38. The first-order valence-electron chi connectivity index (χ1n) is 4.73. The summed E-state index contributed by atoms with van der Waals surface area (Å²) >= 11 is 0. The lowest BCUT2D eigenvalue weighted by Gasteiger charge is -2.07.